The Hall–Kier alpha value is -1.23. The van der Waals surface area contributed by atoms with Gasteiger partial charge in [0.1, 0.15) is 0 Å². The van der Waals surface area contributed by atoms with E-state index in [2.05, 4.69) is 18.6 Å². The van der Waals surface area contributed by atoms with Gasteiger partial charge in [-0.1, -0.05) is 0 Å². The van der Waals surface area contributed by atoms with Gasteiger partial charge in [-0.15, -0.1) is 0 Å². The number of nitrogens with zero attached hydrogens (tertiary/aromatic N) is 2. The zero-order valence-corrected chi connectivity index (χ0v) is 11.6. The van der Waals surface area contributed by atoms with Gasteiger partial charge in [-0.05, 0) is 0 Å². The van der Waals surface area contributed by atoms with Gasteiger partial charge >= 0.3 is 111 Å². The first-order valence-corrected chi connectivity index (χ1v) is 7.60. The summed E-state index contributed by atoms with van der Waals surface area (Å²) in [4.78, 5) is 11.8. The predicted molar refractivity (Wildman–Crippen MR) is 70.7 cm³/mol. The van der Waals surface area contributed by atoms with Gasteiger partial charge in [0.25, 0.3) is 0 Å². The summed E-state index contributed by atoms with van der Waals surface area (Å²) >= 11 is -0.0588. The summed E-state index contributed by atoms with van der Waals surface area (Å²) in [5.41, 5.74) is 2.51. The number of nitrogens with one attached hydrogen (secondary N) is 2. The molecule has 0 unspecified atom stereocenters. The van der Waals surface area contributed by atoms with Crippen LogP contribution in [-0.4, -0.2) is 41.4 Å². The zero-order valence-electron chi connectivity index (χ0n) is 9.85. The maximum atomic E-state index is 11.8. The molecule has 1 amide bonds. The van der Waals surface area contributed by atoms with Gasteiger partial charge in [-0.3, -0.25) is 0 Å². The molecule has 3 rings (SSSR count). The number of carbonyl (C=O) groups excluding carboxylic acids is 1. The van der Waals surface area contributed by atoms with E-state index < -0.39 is 0 Å². The third-order valence-electron chi connectivity index (χ3n) is 2.92. The maximum absolute atomic E-state index is 11.8. The van der Waals surface area contributed by atoms with Crippen LogP contribution in [0.25, 0.3) is 11.0 Å². The fourth-order valence-corrected chi connectivity index (χ4v) is 2.95. The zero-order chi connectivity index (χ0) is 12.4. The van der Waals surface area contributed by atoms with Crippen LogP contribution in [0.4, 0.5) is 5.69 Å². The third-order valence-corrected chi connectivity index (χ3v) is 4.06. The Morgan fingerprint density at radius 2 is 2.28 bits per heavy atom. The predicted octanol–water partition coefficient (Wildman–Crippen LogP) is 0.767. The summed E-state index contributed by atoms with van der Waals surface area (Å²) in [5, 5.41) is 6.24. The van der Waals surface area contributed by atoms with Crippen molar-refractivity contribution in [2.75, 3.05) is 11.9 Å². The van der Waals surface area contributed by atoms with E-state index in [1.165, 1.54) is 12.8 Å². The van der Waals surface area contributed by atoms with E-state index >= 15 is 0 Å². The second-order valence-electron chi connectivity index (χ2n) is 4.46. The quantitative estimate of drug-likeness (QED) is 0.801. The molecule has 5 nitrogen and oxygen atoms in total. The van der Waals surface area contributed by atoms with Crippen LogP contribution in [-0.2, 0) is 4.79 Å². The molecule has 0 saturated heterocycles. The second-order valence-corrected chi connectivity index (χ2v) is 5.57. The second kappa shape index (κ2) is 5.18. The molecule has 18 heavy (non-hydrogen) atoms. The monoisotopic (exact) mass is 310 g/mol. The van der Waals surface area contributed by atoms with Crippen molar-refractivity contribution in [3.63, 3.8) is 0 Å². The summed E-state index contributed by atoms with van der Waals surface area (Å²) in [6.45, 7) is 0.747. The SMILES string of the molecule is O=C(CCNC1CC1)Nc1cccc2n[se]nc12. The molecule has 1 aromatic carbocycles. The Morgan fingerprint density at radius 3 is 3.11 bits per heavy atom. The number of aromatic nitrogens is 2. The molecule has 6 heteroatoms. The van der Waals surface area contributed by atoms with Crippen molar-refractivity contribution >= 4 is 37.6 Å². The van der Waals surface area contributed by atoms with Gasteiger partial charge in [0.05, 0.1) is 0 Å². The molecule has 0 spiro atoms. The summed E-state index contributed by atoms with van der Waals surface area (Å²) in [7, 11) is 0. The van der Waals surface area contributed by atoms with Crippen LogP contribution in [0.3, 0.4) is 0 Å². The Morgan fingerprint density at radius 1 is 1.39 bits per heavy atom. The normalized spacial score (nSPS) is 14.9. The van der Waals surface area contributed by atoms with Crippen molar-refractivity contribution in [1.82, 2.24) is 13.3 Å². The fourth-order valence-electron chi connectivity index (χ4n) is 1.80. The molecule has 0 radical (unpaired) electrons. The number of carbonyl (C=O) groups is 1. The van der Waals surface area contributed by atoms with E-state index in [1.54, 1.807) is 0 Å². The van der Waals surface area contributed by atoms with Gasteiger partial charge in [0.2, 0.25) is 0 Å². The molecule has 1 saturated carbocycles. The van der Waals surface area contributed by atoms with E-state index in [1.807, 2.05) is 18.2 Å². The van der Waals surface area contributed by atoms with Crippen molar-refractivity contribution in [3.8, 4) is 0 Å². The Labute approximate surface area is 111 Å². The van der Waals surface area contributed by atoms with E-state index in [4.69, 9.17) is 0 Å². The first-order valence-electron chi connectivity index (χ1n) is 6.07. The molecule has 1 aliphatic carbocycles. The van der Waals surface area contributed by atoms with Crippen LogP contribution in [0.15, 0.2) is 18.2 Å². The van der Waals surface area contributed by atoms with Crippen LogP contribution in [0.2, 0.25) is 0 Å². The van der Waals surface area contributed by atoms with Crippen LogP contribution in [0, 0.1) is 0 Å². The molecular formula is C12H14N4OSe. The van der Waals surface area contributed by atoms with Gasteiger partial charge in [0, 0.05) is 0 Å². The molecule has 1 aliphatic rings. The number of rotatable bonds is 5. The van der Waals surface area contributed by atoms with Crippen LogP contribution in [0.1, 0.15) is 19.3 Å². The molecule has 1 fully saturated rings. The molecule has 2 aromatic rings. The van der Waals surface area contributed by atoms with Crippen LogP contribution >= 0.6 is 0 Å². The standard InChI is InChI=1S/C12H14N4OSe/c17-11(6-7-13-8-4-5-8)14-9-2-1-3-10-12(9)16-18-15-10/h1-3,8,13H,4-7H2,(H,14,17). The van der Waals surface area contributed by atoms with Crippen molar-refractivity contribution in [2.45, 2.75) is 25.3 Å². The number of benzene rings is 1. The summed E-state index contributed by atoms with van der Waals surface area (Å²) in [6, 6.07) is 6.36. The molecule has 0 bridgehead atoms. The summed E-state index contributed by atoms with van der Waals surface area (Å²) in [6.07, 6.45) is 3.00. The van der Waals surface area contributed by atoms with Gasteiger partial charge in [-0.2, -0.15) is 0 Å². The van der Waals surface area contributed by atoms with Gasteiger partial charge < -0.3 is 0 Å². The first-order chi connectivity index (χ1) is 8.83. The van der Waals surface area contributed by atoms with Crippen molar-refractivity contribution in [1.29, 1.82) is 0 Å². The van der Waals surface area contributed by atoms with Crippen molar-refractivity contribution in [2.24, 2.45) is 0 Å². The number of amides is 1. The summed E-state index contributed by atoms with van der Waals surface area (Å²) < 4.78 is 8.63. The molecular weight excluding hydrogens is 295 g/mol. The van der Waals surface area contributed by atoms with Gasteiger partial charge in [0.15, 0.2) is 0 Å². The third kappa shape index (κ3) is 2.77. The molecule has 1 aromatic heterocycles. The average molecular weight is 309 g/mol. The van der Waals surface area contributed by atoms with E-state index in [-0.39, 0.29) is 20.9 Å². The first kappa shape index (κ1) is 11.8. The van der Waals surface area contributed by atoms with Crippen molar-refractivity contribution in [3.05, 3.63) is 18.2 Å². The van der Waals surface area contributed by atoms with Crippen LogP contribution in [0.5, 0.6) is 0 Å². The summed E-state index contributed by atoms with van der Waals surface area (Å²) in [5.74, 6) is 0.0335. The molecule has 94 valence electrons. The Kier molecular flexibility index (Phi) is 3.41. The minimum atomic E-state index is -0.0588. The number of hydrogen-bond acceptors (Lipinski definition) is 4. The van der Waals surface area contributed by atoms with Gasteiger partial charge in [-0.25, -0.2) is 0 Å². The Balaban J connectivity index is 1.60. The number of fused-ring (bicyclic) bond motifs is 1. The fraction of sp³-hybridized carbons (Fsp3) is 0.417. The van der Waals surface area contributed by atoms with E-state index in [9.17, 15) is 4.79 Å². The topological polar surface area (TPSA) is 66.9 Å². The molecule has 0 atom stereocenters. The molecule has 0 aliphatic heterocycles. The van der Waals surface area contributed by atoms with E-state index in [0.717, 1.165) is 23.3 Å². The van der Waals surface area contributed by atoms with E-state index in [0.29, 0.717) is 12.5 Å². The average Bonchev–Trinajstić information content (AvgIpc) is 3.05. The number of anilines is 1. The molecule has 2 N–H and O–H groups in total. The molecule has 1 heterocycles. The van der Waals surface area contributed by atoms with Crippen LogP contribution < -0.4 is 10.6 Å². The minimum absolute atomic E-state index is 0.0335. The Bertz CT molecular complexity index is 564. The van der Waals surface area contributed by atoms with Crippen molar-refractivity contribution < 1.29 is 4.79 Å². The number of hydrogen-bond donors (Lipinski definition) is 2.